The molecular weight excluding hydrogens is 762 g/mol. The Kier molecular flexibility index (Phi) is 9.07. The van der Waals surface area contributed by atoms with Crippen molar-refractivity contribution >= 4 is 115 Å². The molecule has 1 aliphatic heterocycles. The van der Waals surface area contributed by atoms with Crippen molar-refractivity contribution in [1.82, 2.24) is 0 Å². The maximum absolute atomic E-state index is 2.66. The third kappa shape index (κ3) is 5.85. The minimum absolute atomic E-state index is 0.120. The monoisotopic (exact) mass is 820 g/mol. The van der Waals surface area contributed by atoms with Crippen LogP contribution in [0.1, 0.15) is 74.6 Å². The van der Waals surface area contributed by atoms with Crippen LogP contribution in [0, 0.1) is 24.7 Å². The van der Waals surface area contributed by atoms with Crippen molar-refractivity contribution in [3.8, 4) is 44.5 Å². The van der Waals surface area contributed by atoms with Crippen LogP contribution >= 0.6 is 0 Å². The second kappa shape index (κ2) is 14.4. The van der Waals surface area contributed by atoms with E-state index in [2.05, 4.69) is 188 Å². The molecule has 4 bridgehead atoms. The average Bonchev–Trinajstić information content (AvgIpc) is 3.56. The van der Waals surface area contributed by atoms with Gasteiger partial charge >= 0.3 is 0 Å². The highest BCUT2D eigenvalue weighted by Gasteiger charge is 2.51. The number of nitrogens with zero attached hydrogens (tertiary/aromatic N) is 1. The molecular formula is C56H56B7N. The molecule has 6 aliphatic rings. The smallest absolute Gasteiger partial charge is 0.197 e. The first-order chi connectivity index (χ1) is 30.8. The molecule has 0 amide bonds. The van der Waals surface area contributed by atoms with Crippen LogP contribution in [0.2, 0.25) is 0 Å². The molecule has 4 fully saturated rings. The van der Waals surface area contributed by atoms with E-state index in [-0.39, 0.29) is 5.41 Å². The Balaban J connectivity index is 0.993. The van der Waals surface area contributed by atoms with Crippen molar-refractivity contribution in [3.63, 3.8) is 0 Å². The zero-order valence-electron chi connectivity index (χ0n) is 39.6. The van der Waals surface area contributed by atoms with E-state index in [4.69, 9.17) is 0 Å². The van der Waals surface area contributed by atoms with E-state index < -0.39 is 0 Å². The van der Waals surface area contributed by atoms with Gasteiger partial charge in [0.05, 0.1) is 0 Å². The van der Waals surface area contributed by atoms with Gasteiger partial charge in [0.1, 0.15) is 47.1 Å². The molecule has 306 valence electrons. The maximum Gasteiger partial charge on any atom is 0.197 e. The van der Waals surface area contributed by atoms with Gasteiger partial charge in [0.25, 0.3) is 0 Å². The molecule has 4 saturated carbocycles. The molecule has 0 atom stereocenters. The minimum Gasteiger partial charge on any atom is -0.312 e. The SMILES string of the molecule is Bc1c(B)c(B)c2c(c1B)-c1c(B)c3c(c(B)c1C2(C)C)N(c1ccc(-c2ccc(-c4ccccc4)cc2)cc1)c1c(C)cc(-c2ccc(C45CC6CC(CC(C6)C4)C5)cc2)cc1B3. The summed E-state index contributed by atoms with van der Waals surface area (Å²) < 4.78 is 0. The number of fused-ring (bicyclic) bond motifs is 5. The zero-order chi connectivity index (χ0) is 44.0. The number of hydrogen-bond acceptors (Lipinski definition) is 1. The van der Waals surface area contributed by atoms with Crippen molar-refractivity contribution in [2.75, 3.05) is 4.90 Å². The van der Waals surface area contributed by atoms with E-state index in [1.807, 2.05) is 0 Å². The summed E-state index contributed by atoms with van der Waals surface area (Å²) in [5.74, 6) is 2.87. The summed E-state index contributed by atoms with van der Waals surface area (Å²) >= 11 is 0. The van der Waals surface area contributed by atoms with Gasteiger partial charge in [0.2, 0.25) is 0 Å². The maximum atomic E-state index is 2.66. The second-order valence-electron chi connectivity index (χ2n) is 21.8. The fourth-order valence-corrected chi connectivity index (χ4v) is 15.0. The third-order valence-electron chi connectivity index (χ3n) is 17.8. The molecule has 0 unspecified atom stereocenters. The molecule has 8 heteroatoms. The van der Waals surface area contributed by atoms with Crippen molar-refractivity contribution in [2.45, 2.75) is 70.1 Å². The van der Waals surface area contributed by atoms with E-state index in [0.717, 1.165) is 25.0 Å². The standard InChI is InChI=1S/C56H56B7N/c1-29-21-38(37-13-17-39(18-14-37)56-26-30-22-31(27-56)24-32(23-30)28-56)25-41-53(29)64(40-19-15-36(16-20-40)35-11-9-34(10-12-35)33-7-5-4-6-8-33)54-49(60)45-43(47(58)52(54)63-41)42-44(55(45,2)3)48(59)51(62)50(61)46(42)57/h4-21,25,30-32,63H,22-24,26-28,57-62H2,1-3H3. The molecule has 1 heterocycles. The van der Waals surface area contributed by atoms with Crippen LogP contribution in [0.4, 0.5) is 17.1 Å². The van der Waals surface area contributed by atoms with E-state index >= 15 is 0 Å². The van der Waals surface area contributed by atoms with Crippen molar-refractivity contribution in [2.24, 2.45) is 17.8 Å². The predicted molar refractivity (Wildman–Crippen MR) is 295 cm³/mol. The van der Waals surface area contributed by atoms with Crippen LogP contribution in [-0.2, 0) is 10.8 Å². The van der Waals surface area contributed by atoms with E-state index in [9.17, 15) is 0 Å². The number of rotatable bonds is 5. The van der Waals surface area contributed by atoms with E-state index in [1.165, 1.54) is 160 Å². The first-order valence-electron chi connectivity index (χ1n) is 24.4. The van der Waals surface area contributed by atoms with Gasteiger partial charge in [-0.05, 0) is 154 Å². The predicted octanol–water partition coefficient (Wildman–Crippen LogP) is 2.49. The van der Waals surface area contributed by atoms with Crippen LogP contribution < -0.4 is 48.6 Å². The molecule has 7 aromatic carbocycles. The molecule has 7 aromatic rings. The Morgan fingerprint density at radius 2 is 0.984 bits per heavy atom. The number of hydrogen-bond donors (Lipinski definition) is 0. The van der Waals surface area contributed by atoms with Gasteiger partial charge in [-0.25, -0.2) is 0 Å². The Labute approximate surface area is 388 Å². The topological polar surface area (TPSA) is 3.24 Å². The molecule has 0 N–H and O–H groups in total. The molecule has 64 heavy (non-hydrogen) atoms. The highest BCUT2D eigenvalue weighted by atomic mass is 15.2. The average molecular weight is 819 g/mol. The zero-order valence-corrected chi connectivity index (χ0v) is 39.6. The summed E-state index contributed by atoms with van der Waals surface area (Å²) in [6, 6.07) is 44.2. The van der Waals surface area contributed by atoms with Gasteiger partial charge in [-0.3, -0.25) is 0 Å². The molecule has 0 saturated heterocycles. The van der Waals surface area contributed by atoms with Crippen LogP contribution in [0.5, 0.6) is 0 Å². The van der Waals surface area contributed by atoms with Gasteiger partial charge in [0, 0.05) is 22.5 Å². The molecule has 0 aromatic heterocycles. The van der Waals surface area contributed by atoms with Crippen LogP contribution in [0.25, 0.3) is 44.5 Å². The molecule has 0 spiro atoms. The summed E-state index contributed by atoms with van der Waals surface area (Å²) in [6.07, 6.45) is 8.71. The van der Waals surface area contributed by atoms with Gasteiger partial charge < -0.3 is 4.90 Å². The molecule has 5 aliphatic carbocycles. The minimum atomic E-state index is -0.120. The quantitative estimate of drug-likeness (QED) is 0.242. The lowest BCUT2D eigenvalue weighted by molar-refractivity contribution is -0.00518. The normalized spacial score (nSPS) is 21.8. The molecule has 13 rings (SSSR count). The first-order valence-corrected chi connectivity index (χ1v) is 24.4. The largest absolute Gasteiger partial charge is 0.312 e. The second-order valence-corrected chi connectivity index (χ2v) is 21.8. The fourth-order valence-electron chi connectivity index (χ4n) is 15.0. The van der Waals surface area contributed by atoms with Gasteiger partial charge in [0.15, 0.2) is 7.28 Å². The third-order valence-corrected chi connectivity index (χ3v) is 17.8. The Morgan fingerprint density at radius 3 is 1.58 bits per heavy atom. The van der Waals surface area contributed by atoms with Crippen molar-refractivity contribution in [3.05, 3.63) is 138 Å². The molecule has 1 nitrogen and oxygen atoms in total. The van der Waals surface area contributed by atoms with Gasteiger partial charge in [-0.1, -0.05) is 144 Å². The number of benzene rings is 7. The van der Waals surface area contributed by atoms with Crippen molar-refractivity contribution in [1.29, 1.82) is 0 Å². The lowest BCUT2D eigenvalue weighted by Crippen LogP contribution is -2.52. The Morgan fingerprint density at radius 1 is 0.500 bits per heavy atom. The summed E-state index contributed by atoms with van der Waals surface area (Å²) in [4.78, 5) is 2.66. The summed E-state index contributed by atoms with van der Waals surface area (Å²) in [7, 11) is 15.2. The van der Waals surface area contributed by atoms with Crippen LogP contribution in [0.3, 0.4) is 0 Å². The van der Waals surface area contributed by atoms with Crippen LogP contribution in [0.15, 0.2) is 115 Å². The number of aryl methyl sites for hydroxylation is 1. The Bertz CT molecular complexity index is 3050. The lowest BCUT2D eigenvalue weighted by Gasteiger charge is -2.57. The molecule has 0 radical (unpaired) electrons. The van der Waals surface area contributed by atoms with E-state index in [0.29, 0.717) is 5.41 Å². The van der Waals surface area contributed by atoms with Gasteiger partial charge in [-0.15, -0.1) is 10.9 Å². The highest BCUT2D eigenvalue weighted by Crippen LogP contribution is 2.61. The first kappa shape index (κ1) is 40.3. The van der Waals surface area contributed by atoms with Crippen molar-refractivity contribution < 1.29 is 0 Å². The van der Waals surface area contributed by atoms with E-state index in [1.54, 1.807) is 5.56 Å². The lowest BCUT2D eigenvalue weighted by atomic mass is 9.48. The highest BCUT2D eigenvalue weighted by molar-refractivity contribution is 6.78. The van der Waals surface area contributed by atoms with Gasteiger partial charge in [-0.2, -0.15) is 0 Å². The summed E-state index contributed by atoms with van der Waals surface area (Å²) in [5, 5.41) is 0. The summed E-state index contributed by atoms with van der Waals surface area (Å²) in [5.41, 5.74) is 32.4. The summed E-state index contributed by atoms with van der Waals surface area (Å²) in [6.45, 7) is 7.34. The number of anilines is 3. The Hall–Kier alpha value is -5.21. The van der Waals surface area contributed by atoms with Crippen LogP contribution in [-0.4, -0.2) is 54.4 Å². The fraction of sp³-hybridized carbons (Fsp3) is 0.250.